The minimum absolute atomic E-state index is 0.00424. The second-order valence-electron chi connectivity index (χ2n) is 4.42. The molecular weight excluding hydrogens is 248 g/mol. The van der Waals surface area contributed by atoms with Gasteiger partial charge in [0.1, 0.15) is 5.82 Å². The summed E-state index contributed by atoms with van der Waals surface area (Å²) >= 11 is 0. The number of carbonyl (C=O) groups is 1. The summed E-state index contributed by atoms with van der Waals surface area (Å²) in [5.74, 6) is 0.402. The van der Waals surface area contributed by atoms with Gasteiger partial charge < -0.3 is 19.5 Å². The van der Waals surface area contributed by atoms with Gasteiger partial charge in [-0.1, -0.05) is 0 Å². The van der Waals surface area contributed by atoms with E-state index >= 15 is 0 Å². The quantitative estimate of drug-likeness (QED) is 0.797. The summed E-state index contributed by atoms with van der Waals surface area (Å²) in [6.07, 6.45) is -0.184. The molecule has 2 heterocycles. The third kappa shape index (κ3) is 3.02. The van der Waals surface area contributed by atoms with Gasteiger partial charge in [-0.25, -0.2) is 9.78 Å². The first-order chi connectivity index (χ1) is 9.15. The molecule has 1 aromatic rings. The highest BCUT2D eigenvalue weighted by Crippen LogP contribution is 2.18. The molecule has 19 heavy (non-hydrogen) atoms. The minimum atomic E-state index is -0.383. The third-order valence-electron chi connectivity index (χ3n) is 3.14. The van der Waals surface area contributed by atoms with Crippen molar-refractivity contribution in [2.24, 2.45) is 0 Å². The lowest BCUT2D eigenvalue weighted by Crippen LogP contribution is -2.44. The highest BCUT2D eigenvalue weighted by Gasteiger charge is 2.21. The molecule has 0 bridgehead atoms. The molecule has 0 amide bonds. The molecule has 0 aliphatic carbocycles. The molecule has 1 N–H and O–H groups in total. The van der Waals surface area contributed by atoms with Gasteiger partial charge >= 0.3 is 5.97 Å². The van der Waals surface area contributed by atoms with Crippen LogP contribution in [0.2, 0.25) is 0 Å². The van der Waals surface area contributed by atoms with Crippen LogP contribution in [0.25, 0.3) is 0 Å². The van der Waals surface area contributed by atoms with E-state index in [1.54, 1.807) is 19.1 Å². The van der Waals surface area contributed by atoms with Crippen LogP contribution in [-0.2, 0) is 9.47 Å². The molecule has 1 aliphatic rings. The number of carbonyl (C=O) groups excluding carboxylic acids is 1. The summed E-state index contributed by atoms with van der Waals surface area (Å²) in [5.41, 5.74) is 1.11. The number of hydrogen-bond acceptors (Lipinski definition) is 6. The van der Waals surface area contributed by atoms with Gasteiger partial charge in [0, 0.05) is 13.1 Å². The molecule has 0 aromatic carbocycles. The molecule has 2 rings (SSSR count). The van der Waals surface area contributed by atoms with Gasteiger partial charge in [-0.05, 0) is 19.1 Å². The normalized spacial score (nSPS) is 19.3. The highest BCUT2D eigenvalue weighted by molar-refractivity contribution is 5.90. The standard InChI is InChI=1S/C13H18N2O4/c1-9-11(13(17)18-2)3-4-12(14-9)15-5-6-19-10(7-15)8-16/h3-4,10,16H,5-8H2,1-2H3. The fourth-order valence-electron chi connectivity index (χ4n) is 2.09. The van der Waals surface area contributed by atoms with Crippen molar-refractivity contribution in [3.8, 4) is 0 Å². The highest BCUT2D eigenvalue weighted by atomic mass is 16.5. The number of aliphatic hydroxyl groups excluding tert-OH is 1. The van der Waals surface area contributed by atoms with E-state index in [2.05, 4.69) is 4.98 Å². The summed E-state index contributed by atoms with van der Waals surface area (Å²) in [7, 11) is 1.35. The summed E-state index contributed by atoms with van der Waals surface area (Å²) in [6.45, 7) is 3.65. The third-order valence-corrected chi connectivity index (χ3v) is 3.14. The average Bonchev–Trinajstić information content (AvgIpc) is 2.46. The Bertz CT molecular complexity index is 464. The van der Waals surface area contributed by atoms with Crippen molar-refractivity contribution < 1.29 is 19.4 Å². The Balaban J connectivity index is 2.17. The van der Waals surface area contributed by atoms with Crippen LogP contribution < -0.4 is 4.90 Å². The predicted octanol–water partition coefficient (Wildman–Crippen LogP) is 0.374. The SMILES string of the molecule is COC(=O)c1ccc(N2CCOC(CO)C2)nc1C. The monoisotopic (exact) mass is 266 g/mol. The Hall–Kier alpha value is -1.66. The van der Waals surface area contributed by atoms with Crippen LogP contribution in [-0.4, -0.2) is 55.6 Å². The molecular formula is C13H18N2O4. The predicted molar refractivity (Wildman–Crippen MR) is 69.4 cm³/mol. The van der Waals surface area contributed by atoms with E-state index in [0.29, 0.717) is 24.4 Å². The van der Waals surface area contributed by atoms with Crippen molar-refractivity contribution in [2.75, 3.05) is 38.3 Å². The maximum atomic E-state index is 11.5. The topological polar surface area (TPSA) is 71.9 Å². The Kier molecular flexibility index (Phi) is 4.34. The van der Waals surface area contributed by atoms with Crippen LogP contribution in [0.4, 0.5) is 5.82 Å². The number of rotatable bonds is 3. The van der Waals surface area contributed by atoms with Gasteiger partial charge in [-0.15, -0.1) is 0 Å². The molecule has 6 nitrogen and oxygen atoms in total. The maximum Gasteiger partial charge on any atom is 0.339 e. The van der Waals surface area contributed by atoms with Crippen LogP contribution in [0, 0.1) is 6.92 Å². The summed E-state index contributed by atoms with van der Waals surface area (Å²) in [5, 5.41) is 9.13. The minimum Gasteiger partial charge on any atom is -0.465 e. The molecule has 0 spiro atoms. The molecule has 1 saturated heterocycles. The Morgan fingerprint density at radius 2 is 2.42 bits per heavy atom. The van der Waals surface area contributed by atoms with Crippen LogP contribution in [0.15, 0.2) is 12.1 Å². The van der Waals surface area contributed by atoms with Gasteiger partial charge in [-0.3, -0.25) is 0 Å². The molecule has 1 fully saturated rings. The number of ether oxygens (including phenoxy) is 2. The first-order valence-electron chi connectivity index (χ1n) is 6.19. The molecule has 1 aromatic heterocycles. The van der Waals surface area contributed by atoms with E-state index in [4.69, 9.17) is 14.6 Å². The van der Waals surface area contributed by atoms with Gasteiger partial charge in [0.25, 0.3) is 0 Å². The summed E-state index contributed by atoms with van der Waals surface area (Å²) in [6, 6.07) is 3.51. The molecule has 0 saturated carbocycles. The van der Waals surface area contributed by atoms with E-state index in [-0.39, 0.29) is 18.7 Å². The second-order valence-corrected chi connectivity index (χ2v) is 4.42. The number of morpholine rings is 1. The van der Waals surface area contributed by atoms with Crippen LogP contribution >= 0.6 is 0 Å². The fourth-order valence-corrected chi connectivity index (χ4v) is 2.09. The number of aliphatic hydroxyl groups is 1. The smallest absolute Gasteiger partial charge is 0.339 e. The number of hydrogen-bond donors (Lipinski definition) is 1. The van der Waals surface area contributed by atoms with E-state index in [1.807, 2.05) is 4.90 Å². The molecule has 104 valence electrons. The van der Waals surface area contributed by atoms with E-state index in [9.17, 15) is 4.79 Å². The van der Waals surface area contributed by atoms with Crippen LogP contribution in [0.5, 0.6) is 0 Å². The number of pyridine rings is 1. The summed E-state index contributed by atoms with van der Waals surface area (Å²) < 4.78 is 10.1. The van der Waals surface area contributed by atoms with Crippen LogP contribution in [0.1, 0.15) is 16.1 Å². The number of anilines is 1. The largest absolute Gasteiger partial charge is 0.465 e. The molecule has 6 heteroatoms. The van der Waals surface area contributed by atoms with Crippen molar-refractivity contribution in [2.45, 2.75) is 13.0 Å². The Labute approximate surface area is 112 Å². The van der Waals surface area contributed by atoms with Gasteiger partial charge in [0.15, 0.2) is 0 Å². The van der Waals surface area contributed by atoms with Crippen molar-refractivity contribution in [1.82, 2.24) is 4.98 Å². The Morgan fingerprint density at radius 3 is 3.05 bits per heavy atom. The zero-order chi connectivity index (χ0) is 13.8. The van der Waals surface area contributed by atoms with E-state index in [0.717, 1.165) is 12.4 Å². The lowest BCUT2D eigenvalue weighted by molar-refractivity contribution is 0.00335. The lowest BCUT2D eigenvalue weighted by atomic mass is 10.2. The first-order valence-corrected chi connectivity index (χ1v) is 6.19. The van der Waals surface area contributed by atoms with Gasteiger partial charge in [-0.2, -0.15) is 0 Å². The average molecular weight is 266 g/mol. The molecule has 0 radical (unpaired) electrons. The van der Waals surface area contributed by atoms with E-state index in [1.165, 1.54) is 7.11 Å². The lowest BCUT2D eigenvalue weighted by Gasteiger charge is -2.33. The zero-order valence-corrected chi connectivity index (χ0v) is 11.1. The van der Waals surface area contributed by atoms with Crippen molar-refractivity contribution >= 4 is 11.8 Å². The number of methoxy groups -OCH3 is 1. The number of aryl methyl sites for hydroxylation is 1. The maximum absolute atomic E-state index is 11.5. The van der Waals surface area contributed by atoms with Crippen molar-refractivity contribution in [1.29, 1.82) is 0 Å². The Morgan fingerprint density at radius 1 is 1.63 bits per heavy atom. The number of aromatic nitrogens is 1. The first kappa shape index (κ1) is 13.8. The van der Waals surface area contributed by atoms with Crippen molar-refractivity contribution in [3.05, 3.63) is 23.4 Å². The molecule has 1 unspecified atom stereocenters. The number of nitrogens with zero attached hydrogens (tertiary/aromatic N) is 2. The van der Waals surface area contributed by atoms with Crippen molar-refractivity contribution in [3.63, 3.8) is 0 Å². The molecule has 1 aliphatic heterocycles. The zero-order valence-electron chi connectivity index (χ0n) is 11.1. The van der Waals surface area contributed by atoms with E-state index < -0.39 is 0 Å². The molecule has 1 atom stereocenters. The summed E-state index contributed by atoms with van der Waals surface area (Å²) in [4.78, 5) is 18.0. The number of esters is 1. The van der Waals surface area contributed by atoms with Crippen LogP contribution in [0.3, 0.4) is 0 Å². The second kappa shape index (κ2) is 5.99. The van der Waals surface area contributed by atoms with Gasteiger partial charge in [0.2, 0.25) is 0 Å². The fraction of sp³-hybridized carbons (Fsp3) is 0.538. The van der Waals surface area contributed by atoms with Gasteiger partial charge in [0.05, 0.1) is 37.7 Å².